The zero-order chi connectivity index (χ0) is 15.8. The molecule has 1 amide bonds. The van der Waals surface area contributed by atoms with E-state index in [4.69, 9.17) is 0 Å². The Bertz CT molecular complexity index is 880. The molecule has 0 atom stereocenters. The molecule has 1 aliphatic rings. The number of nitrogens with zero attached hydrogens (tertiary/aromatic N) is 3. The van der Waals surface area contributed by atoms with Crippen molar-refractivity contribution in [2.24, 2.45) is 0 Å². The lowest BCUT2D eigenvalue weighted by Gasteiger charge is -2.18. The maximum atomic E-state index is 12.1. The molecule has 0 aliphatic carbocycles. The second-order valence-electron chi connectivity index (χ2n) is 5.69. The molecular formula is C18H16N4O. The highest BCUT2D eigenvalue weighted by Crippen LogP contribution is 2.23. The summed E-state index contributed by atoms with van der Waals surface area (Å²) in [6, 6.07) is 9.94. The van der Waals surface area contributed by atoms with Gasteiger partial charge < -0.3 is 5.32 Å². The van der Waals surface area contributed by atoms with E-state index in [0.29, 0.717) is 6.54 Å². The number of aryl methyl sites for hydroxylation is 1. The lowest BCUT2D eigenvalue weighted by atomic mass is 10.00. The van der Waals surface area contributed by atoms with Crippen LogP contribution in [0.3, 0.4) is 0 Å². The van der Waals surface area contributed by atoms with Gasteiger partial charge in [-0.15, -0.1) is 0 Å². The molecular weight excluding hydrogens is 288 g/mol. The Morgan fingerprint density at radius 1 is 1.17 bits per heavy atom. The number of imidazole rings is 1. The van der Waals surface area contributed by atoms with Crippen molar-refractivity contribution < 1.29 is 4.79 Å². The zero-order valence-corrected chi connectivity index (χ0v) is 12.8. The summed E-state index contributed by atoms with van der Waals surface area (Å²) in [6.07, 6.45) is 6.34. The Hall–Kier alpha value is -2.95. The number of hydrogen-bond donors (Lipinski definition) is 1. The summed E-state index contributed by atoms with van der Waals surface area (Å²) in [5, 5.41) is 2.89. The lowest BCUT2D eigenvalue weighted by Crippen LogP contribution is -2.31. The number of pyridine rings is 1. The normalized spacial score (nSPS) is 13.5. The average Bonchev–Trinajstić information content (AvgIpc) is 3.05. The van der Waals surface area contributed by atoms with Crippen molar-refractivity contribution >= 4 is 5.91 Å². The van der Waals surface area contributed by atoms with Crippen LogP contribution in [-0.4, -0.2) is 27.0 Å². The van der Waals surface area contributed by atoms with Crippen LogP contribution in [0.4, 0.5) is 0 Å². The van der Waals surface area contributed by atoms with Crippen molar-refractivity contribution in [2.45, 2.75) is 13.3 Å². The van der Waals surface area contributed by atoms with Gasteiger partial charge in [0.05, 0.1) is 0 Å². The lowest BCUT2D eigenvalue weighted by molar-refractivity contribution is 0.0946. The van der Waals surface area contributed by atoms with Crippen LogP contribution in [0.2, 0.25) is 0 Å². The molecule has 23 heavy (non-hydrogen) atoms. The highest BCUT2D eigenvalue weighted by molar-refractivity contribution is 5.97. The first-order valence-electron chi connectivity index (χ1n) is 7.60. The van der Waals surface area contributed by atoms with Gasteiger partial charge in [0, 0.05) is 36.4 Å². The second-order valence-corrected chi connectivity index (χ2v) is 5.69. The largest absolute Gasteiger partial charge is 0.352 e. The van der Waals surface area contributed by atoms with Gasteiger partial charge >= 0.3 is 0 Å². The fourth-order valence-electron chi connectivity index (χ4n) is 2.85. The van der Waals surface area contributed by atoms with E-state index in [9.17, 15) is 4.79 Å². The molecule has 0 saturated heterocycles. The van der Waals surface area contributed by atoms with Crippen LogP contribution >= 0.6 is 0 Å². The van der Waals surface area contributed by atoms with Crippen LogP contribution in [0.15, 0.2) is 48.9 Å². The first kappa shape index (κ1) is 13.7. The summed E-state index contributed by atoms with van der Waals surface area (Å²) in [6.45, 7) is 2.71. The van der Waals surface area contributed by atoms with Crippen molar-refractivity contribution in [1.29, 1.82) is 0 Å². The van der Waals surface area contributed by atoms with Gasteiger partial charge in [-0.25, -0.2) is 4.98 Å². The Labute approximate surface area is 134 Å². The van der Waals surface area contributed by atoms with Crippen LogP contribution in [-0.2, 0) is 6.42 Å². The number of hydrogen-bond acceptors (Lipinski definition) is 3. The van der Waals surface area contributed by atoms with Crippen LogP contribution in [0.25, 0.3) is 17.2 Å². The number of rotatable bonds is 2. The van der Waals surface area contributed by atoms with E-state index in [1.165, 1.54) is 0 Å². The van der Waals surface area contributed by atoms with Gasteiger partial charge in [0.2, 0.25) is 0 Å². The monoisotopic (exact) mass is 304 g/mol. The number of amides is 1. The van der Waals surface area contributed by atoms with Gasteiger partial charge in [-0.3, -0.25) is 14.3 Å². The Kier molecular flexibility index (Phi) is 3.19. The Morgan fingerprint density at radius 3 is 2.91 bits per heavy atom. The molecule has 1 aliphatic heterocycles. The smallest absolute Gasteiger partial charge is 0.251 e. The van der Waals surface area contributed by atoms with Crippen molar-refractivity contribution in [1.82, 2.24) is 19.9 Å². The van der Waals surface area contributed by atoms with E-state index >= 15 is 0 Å². The average molecular weight is 304 g/mol. The van der Waals surface area contributed by atoms with E-state index in [0.717, 1.165) is 40.3 Å². The molecule has 0 fully saturated rings. The minimum atomic E-state index is -0.0109. The Balaban J connectivity index is 1.80. The molecule has 0 spiro atoms. The number of carbonyl (C=O) groups is 1. The van der Waals surface area contributed by atoms with Crippen LogP contribution in [0.1, 0.15) is 21.5 Å². The predicted octanol–water partition coefficient (Wildman–Crippen LogP) is 2.53. The van der Waals surface area contributed by atoms with E-state index in [-0.39, 0.29) is 5.91 Å². The molecule has 1 N–H and O–H groups in total. The van der Waals surface area contributed by atoms with Crippen LogP contribution < -0.4 is 5.32 Å². The van der Waals surface area contributed by atoms with Crippen molar-refractivity contribution in [3.8, 4) is 17.2 Å². The second kappa shape index (κ2) is 5.35. The van der Waals surface area contributed by atoms with Gasteiger partial charge in [0.15, 0.2) is 5.82 Å². The SMILES string of the molecule is Cc1ccc(-c2nccn2-c2ccc3c(c2)C(=O)NCC3)nc1. The molecule has 0 radical (unpaired) electrons. The summed E-state index contributed by atoms with van der Waals surface area (Å²) in [5.41, 5.74) is 4.66. The number of aromatic nitrogens is 3. The first-order valence-corrected chi connectivity index (χ1v) is 7.60. The van der Waals surface area contributed by atoms with E-state index in [1.54, 1.807) is 6.20 Å². The van der Waals surface area contributed by atoms with E-state index < -0.39 is 0 Å². The number of fused-ring (bicyclic) bond motifs is 1. The Morgan fingerprint density at radius 2 is 2.09 bits per heavy atom. The van der Waals surface area contributed by atoms with Crippen LogP contribution in [0, 0.1) is 6.92 Å². The van der Waals surface area contributed by atoms with Gasteiger partial charge in [-0.1, -0.05) is 12.1 Å². The van der Waals surface area contributed by atoms with Gasteiger partial charge in [-0.05, 0) is 42.7 Å². The third kappa shape index (κ3) is 2.40. The topological polar surface area (TPSA) is 59.8 Å². The molecule has 2 aromatic heterocycles. The molecule has 0 bridgehead atoms. The van der Waals surface area contributed by atoms with Crippen molar-refractivity contribution in [3.63, 3.8) is 0 Å². The van der Waals surface area contributed by atoms with Gasteiger partial charge in [-0.2, -0.15) is 0 Å². The maximum Gasteiger partial charge on any atom is 0.251 e. The summed E-state index contributed by atoms with van der Waals surface area (Å²) in [7, 11) is 0. The summed E-state index contributed by atoms with van der Waals surface area (Å²) < 4.78 is 1.96. The highest BCUT2D eigenvalue weighted by Gasteiger charge is 2.18. The molecule has 0 saturated carbocycles. The summed E-state index contributed by atoms with van der Waals surface area (Å²) >= 11 is 0. The van der Waals surface area contributed by atoms with Crippen LogP contribution in [0.5, 0.6) is 0 Å². The molecule has 4 rings (SSSR count). The highest BCUT2D eigenvalue weighted by atomic mass is 16.1. The predicted molar refractivity (Wildman–Crippen MR) is 87.6 cm³/mol. The third-order valence-corrected chi connectivity index (χ3v) is 4.08. The number of nitrogens with one attached hydrogen (secondary N) is 1. The summed E-state index contributed by atoms with van der Waals surface area (Å²) in [5.74, 6) is 0.754. The summed E-state index contributed by atoms with van der Waals surface area (Å²) in [4.78, 5) is 20.9. The van der Waals surface area contributed by atoms with E-state index in [2.05, 4.69) is 15.3 Å². The van der Waals surface area contributed by atoms with E-state index in [1.807, 2.05) is 54.2 Å². The molecule has 3 heterocycles. The maximum absolute atomic E-state index is 12.1. The number of benzene rings is 1. The van der Waals surface area contributed by atoms with Gasteiger partial charge in [0.25, 0.3) is 5.91 Å². The third-order valence-electron chi connectivity index (χ3n) is 4.08. The molecule has 5 heteroatoms. The quantitative estimate of drug-likeness (QED) is 0.791. The minimum Gasteiger partial charge on any atom is -0.352 e. The molecule has 114 valence electrons. The molecule has 5 nitrogen and oxygen atoms in total. The first-order chi connectivity index (χ1) is 11.2. The molecule has 3 aromatic rings. The zero-order valence-electron chi connectivity index (χ0n) is 12.8. The van der Waals surface area contributed by atoms with Gasteiger partial charge in [0.1, 0.15) is 5.69 Å². The van der Waals surface area contributed by atoms with Crippen molar-refractivity contribution in [2.75, 3.05) is 6.54 Å². The molecule has 1 aromatic carbocycles. The minimum absolute atomic E-state index is 0.0109. The fourth-order valence-corrected chi connectivity index (χ4v) is 2.85. The fraction of sp³-hybridized carbons (Fsp3) is 0.167. The number of carbonyl (C=O) groups excluding carboxylic acids is 1. The standard InChI is InChI=1S/C18H16N4O/c1-12-2-5-16(21-11-12)17-19-8-9-22(17)14-4-3-13-6-7-20-18(23)15(13)10-14/h2-5,8-11H,6-7H2,1H3,(H,20,23). The molecule has 0 unspecified atom stereocenters. The van der Waals surface area contributed by atoms with Crippen molar-refractivity contribution in [3.05, 3.63) is 65.6 Å².